The standard InChI is InChI=1S/C26H18Cl2N3OS/c1-16(14-29-19-7-5-6-17(27)12-19)26(32)24-22-15-33-23-11-10-18(28)13-21(23)25(22)31(30-24)20-8-3-2-4-9-20/h2-13,16H,15H2,1H3/q+1. The lowest BCUT2D eigenvalue weighted by Gasteiger charge is -2.18. The highest BCUT2D eigenvalue weighted by molar-refractivity contribution is 7.98. The van der Waals surface area contributed by atoms with E-state index in [1.807, 2.05) is 65.3 Å². The Morgan fingerprint density at radius 3 is 2.64 bits per heavy atom. The summed E-state index contributed by atoms with van der Waals surface area (Å²) >= 11 is 14.0. The summed E-state index contributed by atoms with van der Waals surface area (Å²) < 4.78 is 1.85. The van der Waals surface area contributed by atoms with Crippen LogP contribution in [0.1, 0.15) is 23.0 Å². The van der Waals surface area contributed by atoms with Crippen LogP contribution in [0.25, 0.3) is 21.8 Å². The van der Waals surface area contributed by atoms with Crippen LogP contribution in [0, 0.1) is 12.0 Å². The van der Waals surface area contributed by atoms with Gasteiger partial charge in [0.25, 0.3) is 6.07 Å². The lowest BCUT2D eigenvalue weighted by Crippen LogP contribution is -2.12. The molecule has 5 rings (SSSR count). The molecular weight excluding hydrogens is 473 g/mol. The summed E-state index contributed by atoms with van der Waals surface area (Å²) in [5, 5.41) is 6.02. The monoisotopic (exact) mass is 490 g/mol. The molecule has 4 aromatic rings. The molecule has 0 aliphatic carbocycles. The van der Waals surface area contributed by atoms with E-state index in [0.29, 0.717) is 27.2 Å². The van der Waals surface area contributed by atoms with E-state index in [2.05, 4.69) is 10.9 Å². The Morgan fingerprint density at radius 2 is 1.85 bits per heavy atom. The molecule has 0 saturated heterocycles. The van der Waals surface area contributed by atoms with Gasteiger partial charge >= 0.3 is 5.69 Å². The predicted molar refractivity (Wildman–Crippen MR) is 135 cm³/mol. The molecule has 1 unspecified atom stereocenters. The number of rotatable bonds is 3. The van der Waals surface area contributed by atoms with Crippen molar-refractivity contribution in [3.8, 4) is 23.0 Å². The molecule has 4 nitrogen and oxygen atoms in total. The van der Waals surface area contributed by atoms with Crippen LogP contribution in [0.2, 0.25) is 10.0 Å². The van der Waals surface area contributed by atoms with Crippen LogP contribution in [-0.2, 0) is 5.75 Å². The van der Waals surface area contributed by atoms with Gasteiger partial charge in [-0.2, -0.15) is 5.10 Å². The number of para-hydroxylation sites is 1. The van der Waals surface area contributed by atoms with Crippen LogP contribution < -0.4 is 0 Å². The average Bonchev–Trinajstić information content (AvgIpc) is 3.23. The third-order valence-electron chi connectivity index (χ3n) is 5.38. The van der Waals surface area contributed by atoms with Crippen molar-refractivity contribution in [2.45, 2.75) is 17.6 Å². The molecule has 1 atom stereocenters. The van der Waals surface area contributed by atoms with Crippen molar-refractivity contribution in [1.82, 2.24) is 9.78 Å². The minimum atomic E-state index is -0.571. The van der Waals surface area contributed by atoms with Gasteiger partial charge in [-0.15, -0.1) is 11.8 Å². The van der Waals surface area contributed by atoms with Crippen LogP contribution in [0.3, 0.4) is 0 Å². The van der Waals surface area contributed by atoms with E-state index >= 15 is 0 Å². The number of benzene rings is 3. The third-order valence-corrected chi connectivity index (χ3v) is 6.95. The number of carbonyl (C=O) groups is 1. The summed E-state index contributed by atoms with van der Waals surface area (Å²) in [5.41, 5.74) is 4.76. The number of nitrogens with zero attached hydrogens (tertiary/aromatic N) is 3. The van der Waals surface area contributed by atoms with E-state index in [1.54, 1.807) is 30.8 Å². The second kappa shape index (κ2) is 9.07. The van der Waals surface area contributed by atoms with E-state index < -0.39 is 5.92 Å². The Bertz CT molecular complexity index is 1440. The fraction of sp³-hybridized carbons (Fsp3) is 0.115. The minimum Gasteiger partial charge on any atom is -0.291 e. The first kappa shape index (κ1) is 21.8. The summed E-state index contributed by atoms with van der Waals surface area (Å²) in [6, 6.07) is 25.7. The zero-order valence-corrected chi connectivity index (χ0v) is 20.0. The predicted octanol–water partition coefficient (Wildman–Crippen LogP) is 7.94. The maximum Gasteiger partial charge on any atom is 0.341 e. The van der Waals surface area contributed by atoms with Crippen molar-refractivity contribution in [1.29, 1.82) is 0 Å². The molecule has 162 valence electrons. The molecule has 7 heteroatoms. The molecule has 0 saturated carbocycles. The van der Waals surface area contributed by atoms with Gasteiger partial charge in [0.1, 0.15) is 5.69 Å². The van der Waals surface area contributed by atoms with Gasteiger partial charge in [-0.3, -0.25) is 4.79 Å². The topological polar surface area (TPSA) is 39.2 Å². The number of halogens is 2. The molecule has 33 heavy (non-hydrogen) atoms. The van der Waals surface area contributed by atoms with Gasteiger partial charge < -0.3 is 0 Å². The largest absolute Gasteiger partial charge is 0.341 e. The van der Waals surface area contributed by atoms with Crippen molar-refractivity contribution in [3.63, 3.8) is 0 Å². The molecule has 0 N–H and O–H groups in total. The number of thioether (sulfide) groups is 1. The maximum atomic E-state index is 13.5. The van der Waals surface area contributed by atoms with Crippen molar-refractivity contribution in [3.05, 3.63) is 98.9 Å². The molecule has 3 aromatic carbocycles. The fourth-order valence-corrected chi connectivity index (χ4v) is 5.17. The first-order valence-electron chi connectivity index (χ1n) is 10.4. The van der Waals surface area contributed by atoms with Gasteiger partial charge in [0, 0.05) is 44.0 Å². The van der Waals surface area contributed by atoms with Crippen LogP contribution in [0.15, 0.2) is 77.7 Å². The number of aromatic nitrogens is 2. The highest BCUT2D eigenvalue weighted by Gasteiger charge is 2.32. The van der Waals surface area contributed by atoms with Crippen molar-refractivity contribution < 1.29 is 4.79 Å². The lowest BCUT2D eigenvalue weighted by molar-refractivity contribution is 0.0951. The molecule has 0 bridgehead atoms. The Balaban J connectivity index is 1.60. The van der Waals surface area contributed by atoms with Crippen molar-refractivity contribution >= 4 is 46.4 Å². The van der Waals surface area contributed by atoms with Crippen LogP contribution in [0.5, 0.6) is 0 Å². The number of carbonyl (C=O) groups excluding carboxylic acids is 1. The Morgan fingerprint density at radius 1 is 1.06 bits per heavy atom. The summed E-state index contributed by atoms with van der Waals surface area (Å²) in [6.45, 7) is 1.78. The first-order chi connectivity index (χ1) is 16.0. The molecule has 0 amide bonds. The number of hydrogen-bond acceptors (Lipinski definition) is 3. The smallest absolute Gasteiger partial charge is 0.291 e. The zero-order chi connectivity index (χ0) is 22.9. The third kappa shape index (κ3) is 4.30. The van der Waals surface area contributed by atoms with Crippen molar-refractivity contribution in [2.75, 3.05) is 0 Å². The number of Topliss-reactive ketones (excluding diaryl/α,β-unsaturated/α-hetero) is 1. The van der Waals surface area contributed by atoms with E-state index in [-0.39, 0.29) is 5.78 Å². The highest BCUT2D eigenvalue weighted by atomic mass is 35.5. The summed E-state index contributed by atoms with van der Waals surface area (Å²) in [5.74, 6) is -0.0495. The number of hydrogen-bond donors (Lipinski definition) is 0. The fourth-order valence-electron chi connectivity index (χ4n) is 3.76. The molecule has 2 heterocycles. The van der Waals surface area contributed by atoms with Crippen LogP contribution >= 0.6 is 35.0 Å². The highest BCUT2D eigenvalue weighted by Crippen LogP contribution is 2.45. The van der Waals surface area contributed by atoms with E-state index in [9.17, 15) is 4.79 Å². The van der Waals surface area contributed by atoms with Crippen LogP contribution in [0.4, 0.5) is 5.69 Å². The molecule has 1 aromatic heterocycles. The van der Waals surface area contributed by atoms with Gasteiger partial charge in [0.05, 0.1) is 11.4 Å². The molecule has 0 radical (unpaired) electrons. The second-order valence-corrected chi connectivity index (χ2v) is 9.55. The summed E-state index contributed by atoms with van der Waals surface area (Å²) in [6.07, 6.45) is 0. The summed E-state index contributed by atoms with van der Waals surface area (Å²) in [4.78, 5) is 18.9. The normalized spacial score (nSPS) is 12.8. The van der Waals surface area contributed by atoms with Gasteiger partial charge in [-0.25, -0.2) is 4.68 Å². The summed E-state index contributed by atoms with van der Waals surface area (Å²) in [7, 11) is 0. The lowest BCUT2D eigenvalue weighted by atomic mass is 9.99. The molecule has 0 fully saturated rings. The minimum absolute atomic E-state index is 0.127. The average molecular weight is 491 g/mol. The van der Waals surface area contributed by atoms with Gasteiger partial charge in [-0.05, 0) is 48.2 Å². The molecular formula is C26H18Cl2N3OS+. The first-order valence-corrected chi connectivity index (χ1v) is 12.1. The maximum absolute atomic E-state index is 13.5. The van der Waals surface area contributed by atoms with Gasteiger partial charge in [0.15, 0.2) is 5.92 Å². The molecule has 1 aliphatic rings. The van der Waals surface area contributed by atoms with Gasteiger partial charge in [-0.1, -0.05) is 47.5 Å². The Kier molecular flexibility index (Phi) is 5.99. The Hall–Kier alpha value is -3.04. The van der Waals surface area contributed by atoms with E-state index in [1.165, 1.54) is 0 Å². The van der Waals surface area contributed by atoms with Crippen molar-refractivity contribution in [2.24, 2.45) is 5.92 Å². The second-order valence-electron chi connectivity index (χ2n) is 7.66. The Labute approximate surface area is 206 Å². The molecule has 1 aliphatic heterocycles. The van der Waals surface area contributed by atoms with Gasteiger partial charge in [0.2, 0.25) is 5.78 Å². The number of ketones is 1. The van der Waals surface area contributed by atoms with E-state index in [0.717, 1.165) is 27.4 Å². The molecule has 0 spiro atoms. The number of fused-ring (bicyclic) bond motifs is 3. The SMILES string of the molecule is CC(C#[N+]c1cccc(Cl)c1)C(=O)c1nn(-c2ccccc2)c2c1CSc1ccc(Cl)cc1-2. The van der Waals surface area contributed by atoms with Crippen LogP contribution in [-0.4, -0.2) is 15.6 Å². The van der Waals surface area contributed by atoms with E-state index in [4.69, 9.17) is 28.3 Å². The zero-order valence-electron chi connectivity index (χ0n) is 17.6. The quantitative estimate of drug-likeness (QED) is 0.273.